The van der Waals surface area contributed by atoms with Gasteiger partial charge in [0.15, 0.2) is 0 Å². The van der Waals surface area contributed by atoms with E-state index in [1.54, 1.807) is 0 Å². The molecule has 0 bridgehead atoms. The van der Waals surface area contributed by atoms with Crippen molar-refractivity contribution in [2.24, 2.45) is 5.92 Å². The Hall–Kier alpha value is -2.04. The molecule has 2 fully saturated rings. The summed E-state index contributed by atoms with van der Waals surface area (Å²) in [5, 5.41) is 0. The highest BCUT2D eigenvalue weighted by Crippen LogP contribution is 2.29. The van der Waals surface area contributed by atoms with Gasteiger partial charge in [-0.2, -0.15) is 0 Å². The molecule has 1 aromatic carbocycles. The smallest absolute Gasteiger partial charge is 0.226 e. The highest BCUT2D eigenvalue weighted by atomic mass is 16.5. The molecule has 24 heavy (non-hydrogen) atoms. The number of amides is 2. The molecular formula is C19H26N2O3. The van der Waals surface area contributed by atoms with E-state index in [2.05, 4.69) is 0 Å². The molecule has 0 aliphatic carbocycles. The van der Waals surface area contributed by atoms with Crippen molar-refractivity contribution in [1.82, 2.24) is 9.80 Å². The van der Waals surface area contributed by atoms with E-state index < -0.39 is 0 Å². The van der Waals surface area contributed by atoms with Crippen molar-refractivity contribution in [3.8, 4) is 5.75 Å². The summed E-state index contributed by atoms with van der Waals surface area (Å²) in [6.45, 7) is 1.92. The van der Waals surface area contributed by atoms with Crippen LogP contribution in [-0.2, 0) is 9.59 Å². The number of piperidine rings is 1. The molecule has 0 N–H and O–H groups in total. The summed E-state index contributed by atoms with van der Waals surface area (Å²) < 4.78 is 5.62. The second-order valence-corrected chi connectivity index (χ2v) is 6.76. The van der Waals surface area contributed by atoms with E-state index in [0.29, 0.717) is 31.4 Å². The molecule has 0 aromatic heterocycles. The zero-order valence-corrected chi connectivity index (χ0v) is 14.3. The van der Waals surface area contributed by atoms with E-state index in [-0.39, 0.29) is 11.8 Å². The lowest BCUT2D eigenvalue weighted by molar-refractivity contribution is -0.137. The molecule has 2 aliphatic rings. The third kappa shape index (κ3) is 3.89. The van der Waals surface area contributed by atoms with Gasteiger partial charge < -0.3 is 14.5 Å². The first-order chi connectivity index (χ1) is 11.6. The fourth-order valence-corrected chi connectivity index (χ4v) is 3.85. The van der Waals surface area contributed by atoms with Crippen LogP contribution in [0.1, 0.15) is 32.1 Å². The number of hydrogen-bond donors (Lipinski definition) is 0. The average molecular weight is 330 g/mol. The Bertz CT molecular complexity index is 575. The summed E-state index contributed by atoms with van der Waals surface area (Å²) in [5.74, 6) is 1.61. The summed E-state index contributed by atoms with van der Waals surface area (Å²) in [5.41, 5.74) is 0. The second-order valence-electron chi connectivity index (χ2n) is 6.76. The van der Waals surface area contributed by atoms with Gasteiger partial charge in [0.2, 0.25) is 11.8 Å². The molecule has 5 nitrogen and oxygen atoms in total. The summed E-state index contributed by atoms with van der Waals surface area (Å²) in [6, 6.07) is 9.88. The van der Waals surface area contributed by atoms with E-state index in [1.807, 2.05) is 47.2 Å². The van der Waals surface area contributed by atoms with Crippen LogP contribution in [0.25, 0.3) is 0 Å². The predicted molar refractivity (Wildman–Crippen MR) is 91.7 cm³/mol. The van der Waals surface area contributed by atoms with Gasteiger partial charge in [-0.05, 0) is 37.3 Å². The van der Waals surface area contributed by atoms with Gasteiger partial charge in [-0.1, -0.05) is 18.2 Å². The number of rotatable bonds is 4. The van der Waals surface area contributed by atoms with Crippen molar-refractivity contribution in [1.29, 1.82) is 0 Å². The monoisotopic (exact) mass is 330 g/mol. The van der Waals surface area contributed by atoms with Gasteiger partial charge in [0.1, 0.15) is 5.75 Å². The van der Waals surface area contributed by atoms with Gasteiger partial charge in [0.05, 0.1) is 13.0 Å². The molecule has 0 unspecified atom stereocenters. The Kier molecular flexibility index (Phi) is 5.38. The van der Waals surface area contributed by atoms with E-state index in [0.717, 1.165) is 38.1 Å². The maximum atomic E-state index is 12.5. The maximum Gasteiger partial charge on any atom is 0.226 e. The van der Waals surface area contributed by atoms with Crippen LogP contribution in [0, 0.1) is 5.92 Å². The van der Waals surface area contributed by atoms with E-state index >= 15 is 0 Å². The van der Waals surface area contributed by atoms with Crippen LogP contribution in [0.3, 0.4) is 0 Å². The Balaban J connectivity index is 1.49. The second kappa shape index (κ2) is 7.69. The molecule has 0 radical (unpaired) electrons. The largest absolute Gasteiger partial charge is 0.493 e. The molecule has 0 spiro atoms. The van der Waals surface area contributed by atoms with Crippen molar-refractivity contribution in [3.05, 3.63) is 30.3 Å². The van der Waals surface area contributed by atoms with E-state index in [9.17, 15) is 9.59 Å². The topological polar surface area (TPSA) is 49.9 Å². The predicted octanol–water partition coefficient (Wildman–Crippen LogP) is 2.31. The molecule has 2 amide bonds. The SMILES string of the molecule is CN1C(=O)CCC[C@@H]2CN(C(=O)CCOc3ccccc3)CC[C@H]21. The first-order valence-electron chi connectivity index (χ1n) is 8.86. The number of hydrogen-bond acceptors (Lipinski definition) is 3. The standard InChI is InChI=1S/C19H26N2O3/c1-20-17-10-12-21(14-15(17)6-5-9-18(20)22)19(23)11-13-24-16-7-3-2-4-8-16/h2-4,7-8,15,17H,5-6,9-14H2,1H3/t15-,17-/m1/s1. The lowest BCUT2D eigenvalue weighted by Gasteiger charge is -2.41. The van der Waals surface area contributed by atoms with Crippen LogP contribution in [0.4, 0.5) is 0 Å². The third-order valence-corrected chi connectivity index (χ3v) is 5.23. The zero-order valence-electron chi connectivity index (χ0n) is 14.3. The first-order valence-corrected chi connectivity index (χ1v) is 8.86. The van der Waals surface area contributed by atoms with Crippen LogP contribution in [0.2, 0.25) is 0 Å². The number of likely N-dealkylation sites (tertiary alicyclic amines) is 2. The zero-order chi connectivity index (χ0) is 16.9. The van der Waals surface area contributed by atoms with Crippen LogP contribution in [-0.4, -0.2) is 54.4 Å². The molecule has 2 aliphatic heterocycles. The van der Waals surface area contributed by atoms with Gasteiger partial charge in [0.25, 0.3) is 0 Å². The lowest BCUT2D eigenvalue weighted by atomic mass is 9.88. The Morgan fingerprint density at radius 1 is 1.25 bits per heavy atom. The van der Waals surface area contributed by atoms with E-state index in [4.69, 9.17) is 4.74 Å². The summed E-state index contributed by atoms with van der Waals surface area (Å²) in [6.07, 6.45) is 3.90. The van der Waals surface area contributed by atoms with Crippen molar-refractivity contribution >= 4 is 11.8 Å². The first kappa shape index (κ1) is 16.8. The van der Waals surface area contributed by atoms with Crippen LogP contribution in [0.15, 0.2) is 30.3 Å². The van der Waals surface area contributed by atoms with Gasteiger partial charge in [0, 0.05) is 32.6 Å². The molecule has 0 saturated carbocycles. The van der Waals surface area contributed by atoms with Crippen LogP contribution >= 0.6 is 0 Å². The quantitative estimate of drug-likeness (QED) is 0.851. The number of fused-ring (bicyclic) bond motifs is 1. The molecule has 3 rings (SSSR count). The molecule has 1 aromatic rings. The lowest BCUT2D eigenvalue weighted by Crippen LogP contribution is -2.51. The van der Waals surface area contributed by atoms with Gasteiger partial charge in [-0.25, -0.2) is 0 Å². The highest BCUT2D eigenvalue weighted by molar-refractivity contribution is 5.77. The minimum Gasteiger partial charge on any atom is -0.493 e. The summed E-state index contributed by atoms with van der Waals surface area (Å²) in [4.78, 5) is 28.3. The Morgan fingerprint density at radius 2 is 2.04 bits per heavy atom. The minimum atomic E-state index is 0.155. The van der Waals surface area contributed by atoms with Crippen molar-refractivity contribution in [3.63, 3.8) is 0 Å². The fraction of sp³-hybridized carbons (Fsp3) is 0.579. The van der Waals surface area contributed by atoms with Gasteiger partial charge in [-0.3, -0.25) is 9.59 Å². The Morgan fingerprint density at radius 3 is 2.83 bits per heavy atom. The summed E-state index contributed by atoms with van der Waals surface area (Å²) in [7, 11) is 1.91. The molecule has 2 saturated heterocycles. The van der Waals surface area contributed by atoms with Crippen LogP contribution in [0.5, 0.6) is 5.75 Å². The van der Waals surface area contributed by atoms with Gasteiger partial charge in [-0.15, -0.1) is 0 Å². The van der Waals surface area contributed by atoms with Gasteiger partial charge >= 0.3 is 0 Å². The molecule has 5 heteroatoms. The number of nitrogens with zero attached hydrogens (tertiary/aromatic N) is 2. The molecule has 2 atom stereocenters. The van der Waals surface area contributed by atoms with Crippen LogP contribution < -0.4 is 4.74 Å². The molecule has 130 valence electrons. The highest BCUT2D eigenvalue weighted by Gasteiger charge is 2.36. The molecular weight excluding hydrogens is 304 g/mol. The molecule has 2 heterocycles. The Labute approximate surface area is 143 Å². The number of carbonyl (C=O) groups is 2. The van der Waals surface area contributed by atoms with E-state index in [1.165, 1.54) is 0 Å². The van der Waals surface area contributed by atoms with Crippen molar-refractivity contribution in [2.45, 2.75) is 38.1 Å². The van der Waals surface area contributed by atoms with Crippen molar-refractivity contribution in [2.75, 3.05) is 26.7 Å². The minimum absolute atomic E-state index is 0.155. The third-order valence-electron chi connectivity index (χ3n) is 5.23. The summed E-state index contributed by atoms with van der Waals surface area (Å²) >= 11 is 0. The number of para-hydroxylation sites is 1. The number of ether oxygens (including phenoxy) is 1. The van der Waals surface area contributed by atoms with Crippen molar-refractivity contribution < 1.29 is 14.3 Å². The average Bonchev–Trinajstić information content (AvgIpc) is 2.74. The number of carbonyl (C=O) groups excluding carboxylic acids is 2. The normalized spacial score (nSPS) is 24.3. The number of benzene rings is 1. The fourth-order valence-electron chi connectivity index (χ4n) is 3.85. The maximum absolute atomic E-state index is 12.5.